The highest BCUT2D eigenvalue weighted by Gasteiger charge is 2.10. The molecule has 3 aromatic carbocycles. The molecule has 0 saturated carbocycles. The minimum absolute atomic E-state index is 0.107. The standard InChI is InChI=1S/C23H23ClN2O3/c1-16-19(24)9-6-10-20(16)25-14-17-11-12-21(22(13-17)28-2)29-15-23(27)26-18-7-4-3-5-8-18/h3-13,25H,14-15H2,1-2H3,(H,26,27). The van der Waals surface area contributed by atoms with E-state index in [-0.39, 0.29) is 12.5 Å². The molecule has 1 amide bonds. The van der Waals surface area contributed by atoms with Gasteiger partial charge in [0.15, 0.2) is 18.1 Å². The van der Waals surface area contributed by atoms with Gasteiger partial charge < -0.3 is 20.1 Å². The Balaban J connectivity index is 1.59. The number of rotatable bonds is 8. The normalized spacial score (nSPS) is 10.3. The van der Waals surface area contributed by atoms with Gasteiger partial charge in [-0.2, -0.15) is 0 Å². The summed E-state index contributed by atoms with van der Waals surface area (Å²) in [6, 6.07) is 20.6. The van der Waals surface area contributed by atoms with Crippen molar-refractivity contribution >= 4 is 28.9 Å². The molecule has 0 fully saturated rings. The van der Waals surface area contributed by atoms with E-state index in [4.69, 9.17) is 21.1 Å². The third kappa shape index (κ3) is 5.65. The van der Waals surface area contributed by atoms with Gasteiger partial charge in [-0.1, -0.05) is 41.9 Å². The summed E-state index contributed by atoms with van der Waals surface area (Å²) in [6.45, 7) is 2.47. The van der Waals surface area contributed by atoms with Gasteiger partial charge in [-0.15, -0.1) is 0 Å². The lowest BCUT2D eigenvalue weighted by Crippen LogP contribution is -2.20. The van der Waals surface area contributed by atoms with Crippen molar-refractivity contribution in [1.82, 2.24) is 0 Å². The van der Waals surface area contributed by atoms with Crippen LogP contribution in [0.5, 0.6) is 11.5 Å². The molecule has 0 aliphatic carbocycles. The average molecular weight is 411 g/mol. The summed E-state index contributed by atoms with van der Waals surface area (Å²) in [5.74, 6) is 0.846. The molecule has 5 nitrogen and oxygen atoms in total. The van der Waals surface area contributed by atoms with Gasteiger partial charge in [0.05, 0.1) is 7.11 Å². The third-order valence-electron chi connectivity index (χ3n) is 4.40. The number of methoxy groups -OCH3 is 1. The van der Waals surface area contributed by atoms with E-state index in [2.05, 4.69) is 10.6 Å². The summed E-state index contributed by atoms with van der Waals surface area (Å²) in [6.07, 6.45) is 0. The number of halogens is 1. The van der Waals surface area contributed by atoms with Gasteiger partial charge in [-0.05, 0) is 54.4 Å². The first kappa shape index (κ1) is 20.6. The smallest absolute Gasteiger partial charge is 0.262 e. The van der Waals surface area contributed by atoms with E-state index in [9.17, 15) is 4.79 Å². The van der Waals surface area contributed by atoms with Crippen molar-refractivity contribution in [2.75, 3.05) is 24.4 Å². The molecule has 2 N–H and O–H groups in total. The Hall–Kier alpha value is -3.18. The predicted molar refractivity (Wildman–Crippen MR) is 117 cm³/mol. The van der Waals surface area contributed by atoms with Crippen LogP contribution in [0.3, 0.4) is 0 Å². The van der Waals surface area contributed by atoms with Crippen LogP contribution in [-0.2, 0) is 11.3 Å². The van der Waals surface area contributed by atoms with Crippen molar-refractivity contribution < 1.29 is 14.3 Å². The van der Waals surface area contributed by atoms with Gasteiger partial charge in [0.2, 0.25) is 0 Å². The summed E-state index contributed by atoms with van der Waals surface area (Å²) < 4.78 is 11.1. The molecule has 6 heteroatoms. The largest absolute Gasteiger partial charge is 0.493 e. The molecule has 29 heavy (non-hydrogen) atoms. The topological polar surface area (TPSA) is 59.6 Å². The number of ether oxygens (including phenoxy) is 2. The number of carbonyl (C=O) groups excluding carboxylic acids is 1. The van der Waals surface area contributed by atoms with Gasteiger partial charge in [-0.3, -0.25) is 4.79 Å². The number of anilines is 2. The zero-order valence-corrected chi connectivity index (χ0v) is 17.1. The van der Waals surface area contributed by atoms with Crippen molar-refractivity contribution in [2.24, 2.45) is 0 Å². The van der Waals surface area contributed by atoms with Gasteiger partial charge in [-0.25, -0.2) is 0 Å². The summed E-state index contributed by atoms with van der Waals surface area (Å²) in [4.78, 5) is 12.1. The van der Waals surface area contributed by atoms with E-state index in [0.717, 1.165) is 27.5 Å². The minimum atomic E-state index is -0.236. The van der Waals surface area contributed by atoms with Gasteiger partial charge in [0.25, 0.3) is 5.91 Å². The second-order valence-corrected chi connectivity index (χ2v) is 6.86. The molecular weight excluding hydrogens is 388 g/mol. The molecule has 0 unspecified atom stereocenters. The number of hydrogen-bond donors (Lipinski definition) is 2. The second kappa shape index (κ2) is 9.85. The molecule has 0 aliphatic rings. The van der Waals surface area contributed by atoms with E-state index in [1.807, 2.05) is 67.6 Å². The highest BCUT2D eigenvalue weighted by molar-refractivity contribution is 6.31. The molecule has 0 aliphatic heterocycles. The summed E-state index contributed by atoms with van der Waals surface area (Å²) in [7, 11) is 1.57. The highest BCUT2D eigenvalue weighted by Crippen LogP contribution is 2.29. The van der Waals surface area contributed by atoms with Crippen LogP contribution < -0.4 is 20.1 Å². The Morgan fingerprint density at radius 1 is 1.00 bits per heavy atom. The lowest BCUT2D eigenvalue weighted by Gasteiger charge is -2.14. The maximum absolute atomic E-state index is 12.1. The Bertz CT molecular complexity index is 977. The number of hydrogen-bond acceptors (Lipinski definition) is 4. The number of benzene rings is 3. The molecular formula is C23H23ClN2O3. The zero-order chi connectivity index (χ0) is 20.6. The molecule has 0 bridgehead atoms. The van der Waals surface area contributed by atoms with Crippen LogP contribution in [0.15, 0.2) is 66.7 Å². The van der Waals surface area contributed by atoms with Crippen molar-refractivity contribution in [3.8, 4) is 11.5 Å². The third-order valence-corrected chi connectivity index (χ3v) is 4.80. The molecule has 150 valence electrons. The second-order valence-electron chi connectivity index (χ2n) is 6.45. The van der Waals surface area contributed by atoms with Crippen molar-refractivity contribution in [1.29, 1.82) is 0 Å². The van der Waals surface area contributed by atoms with E-state index >= 15 is 0 Å². The Kier molecular flexibility index (Phi) is 6.98. The highest BCUT2D eigenvalue weighted by atomic mass is 35.5. The number of para-hydroxylation sites is 1. The van der Waals surface area contributed by atoms with Crippen molar-refractivity contribution in [2.45, 2.75) is 13.5 Å². The number of carbonyl (C=O) groups is 1. The first-order valence-electron chi connectivity index (χ1n) is 9.20. The Morgan fingerprint density at radius 3 is 2.55 bits per heavy atom. The number of amides is 1. The fraction of sp³-hybridized carbons (Fsp3) is 0.174. The predicted octanol–water partition coefficient (Wildman–Crippen LogP) is 5.29. The summed E-state index contributed by atoms with van der Waals surface area (Å²) >= 11 is 6.17. The van der Waals surface area contributed by atoms with E-state index in [0.29, 0.717) is 18.0 Å². The van der Waals surface area contributed by atoms with Crippen LogP contribution in [0, 0.1) is 6.92 Å². The van der Waals surface area contributed by atoms with Crippen LogP contribution in [0.2, 0.25) is 5.02 Å². The molecule has 0 aromatic heterocycles. The fourth-order valence-corrected chi connectivity index (χ4v) is 2.97. The molecule has 0 atom stereocenters. The van der Waals surface area contributed by atoms with Gasteiger partial charge >= 0.3 is 0 Å². The molecule has 0 saturated heterocycles. The van der Waals surface area contributed by atoms with Crippen molar-refractivity contribution in [3.63, 3.8) is 0 Å². The van der Waals surface area contributed by atoms with Gasteiger partial charge in [0.1, 0.15) is 0 Å². The lowest BCUT2D eigenvalue weighted by atomic mass is 10.1. The van der Waals surface area contributed by atoms with E-state index in [1.54, 1.807) is 13.2 Å². The van der Waals surface area contributed by atoms with Crippen LogP contribution in [-0.4, -0.2) is 19.6 Å². The quantitative estimate of drug-likeness (QED) is 0.530. The average Bonchev–Trinajstić information content (AvgIpc) is 2.74. The molecule has 3 rings (SSSR count). The van der Waals surface area contributed by atoms with Crippen molar-refractivity contribution in [3.05, 3.63) is 82.9 Å². The molecule has 3 aromatic rings. The maximum Gasteiger partial charge on any atom is 0.262 e. The monoisotopic (exact) mass is 410 g/mol. The lowest BCUT2D eigenvalue weighted by molar-refractivity contribution is -0.118. The Morgan fingerprint density at radius 2 is 1.79 bits per heavy atom. The molecule has 0 radical (unpaired) electrons. The van der Waals surface area contributed by atoms with Crippen LogP contribution in [0.4, 0.5) is 11.4 Å². The first-order valence-corrected chi connectivity index (χ1v) is 9.58. The SMILES string of the molecule is COc1cc(CNc2cccc(Cl)c2C)ccc1OCC(=O)Nc1ccccc1. The minimum Gasteiger partial charge on any atom is -0.493 e. The van der Waals surface area contributed by atoms with E-state index in [1.165, 1.54) is 0 Å². The van der Waals surface area contributed by atoms with Gasteiger partial charge in [0, 0.05) is 22.9 Å². The maximum atomic E-state index is 12.1. The molecule has 0 spiro atoms. The van der Waals surface area contributed by atoms with Crippen LogP contribution in [0.1, 0.15) is 11.1 Å². The Labute approximate surface area is 175 Å². The summed E-state index contributed by atoms with van der Waals surface area (Å²) in [5, 5.41) is 6.88. The van der Waals surface area contributed by atoms with E-state index < -0.39 is 0 Å². The fourth-order valence-electron chi connectivity index (χ4n) is 2.80. The molecule has 0 heterocycles. The summed E-state index contributed by atoms with van der Waals surface area (Å²) in [5.41, 5.74) is 3.73. The van der Waals surface area contributed by atoms with Crippen LogP contribution >= 0.6 is 11.6 Å². The zero-order valence-electron chi connectivity index (χ0n) is 16.4. The number of nitrogens with one attached hydrogen (secondary N) is 2. The first-order chi connectivity index (χ1) is 14.1. The van der Waals surface area contributed by atoms with Crippen LogP contribution in [0.25, 0.3) is 0 Å².